The third kappa shape index (κ3) is 4.77. The monoisotopic (exact) mass is 539 g/mol. The topological polar surface area (TPSA) is 63.6 Å². The highest BCUT2D eigenvalue weighted by atomic mass is 35.5. The molecule has 1 atom stereocenters. The third-order valence-corrected chi connectivity index (χ3v) is 6.84. The molecular weight excluding hydrogens is 519 g/mol. The summed E-state index contributed by atoms with van der Waals surface area (Å²) in [6.45, 7) is 1.06. The third-order valence-electron chi connectivity index (χ3n) is 6.40. The summed E-state index contributed by atoms with van der Waals surface area (Å²) in [7, 11) is 0. The van der Waals surface area contributed by atoms with E-state index in [0.29, 0.717) is 27.6 Å². The Hall–Kier alpha value is -3.55. The molecule has 1 aliphatic heterocycles. The van der Waals surface area contributed by atoms with Crippen molar-refractivity contribution in [2.24, 2.45) is 5.16 Å². The van der Waals surface area contributed by atoms with Gasteiger partial charge >= 0.3 is 0 Å². The molecule has 37 heavy (non-hydrogen) atoms. The Morgan fingerprint density at radius 2 is 1.73 bits per heavy atom. The average Bonchev–Trinajstić information content (AvgIpc) is 3.34. The van der Waals surface area contributed by atoms with E-state index in [4.69, 9.17) is 28.0 Å². The van der Waals surface area contributed by atoms with Crippen LogP contribution in [0.3, 0.4) is 0 Å². The number of hydrogen-bond donors (Lipinski definition) is 1. The van der Waals surface area contributed by atoms with Crippen molar-refractivity contribution in [2.75, 3.05) is 0 Å². The minimum Gasteiger partial charge on any atom is -0.377 e. The zero-order valence-electron chi connectivity index (χ0n) is 19.6. The number of halogens is 4. The summed E-state index contributed by atoms with van der Waals surface area (Å²) >= 11 is 12.2. The molecule has 1 amide bonds. The molecule has 9 heteroatoms. The minimum atomic E-state index is -3.31. The summed E-state index contributed by atoms with van der Waals surface area (Å²) in [5, 5.41) is 8.77. The Balaban J connectivity index is 1.49. The van der Waals surface area contributed by atoms with Crippen molar-refractivity contribution in [3.63, 3.8) is 0 Å². The fraction of sp³-hybridized carbons (Fsp3) is 0.179. The van der Waals surface area contributed by atoms with Crippen LogP contribution in [0, 0.1) is 0 Å². The SMILES string of the molecule is CC(F)(F)C1(c2cc(Cl)cc(Cl)c2)CC(c2ccc(C(=O)NCc3ccccn3)c3ccccc23)=NO1. The zero-order valence-corrected chi connectivity index (χ0v) is 21.2. The van der Waals surface area contributed by atoms with Crippen molar-refractivity contribution >= 4 is 45.6 Å². The van der Waals surface area contributed by atoms with Crippen LogP contribution in [0.15, 0.2) is 84.1 Å². The van der Waals surface area contributed by atoms with Crippen LogP contribution in [-0.4, -0.2) is 22.5 Å². The van der Waals surface area contributed by atoms with Gasteiger partial charge in [0, 0.05) is 46.3 Å². The van der Waals surface area contributed by atoms with Crippen LogP contribution in [0.1, 0.15) is 40.5 Å². The lowest BCUT2D eigenvalue weighted by Crippen LogP contribution is -2.43. The number of alkyl halides is 2. The maximum Gasteiger partial charge on any atom is 0.291 e. The molecule has 0 bridgehead atoms. The van der Waals surface area contributed by atoms with E-state index in [1.165, 1.54) is 18.2 Å². The number of oxime groups is 1. The number of nitrogens with one attached hydrogen (secondary N) is 1. The van der Waals surface area contributed by atoms with Gasteiger partial charge in [0.2, 0.25) is 5.60 Å². The van der Waals surface area contributed by atoms with Crippen molar-refractivity contribution in [2.45, 2.75) is 31.4 Å². The van der Waals surface area contributed by atoms with Gasteiger partial charge in [-0.1, -0.05) is 64.8 Å². The molecule has 0 radical (unpaired) electrons. The lowest BCUT2D eigenvalue weighted by molar-refractivity contribution is -0.193. The second-order valence-electron chi connectivity index (χ2n) is 8.89. The second-order valence-corrected chi connectivity index (χ2v) is 9.76. The van der Waals surface area contributed by atoms with Gasteiger partial charge in [0.25, 0.3) is 11.8 Å². The van der Waals surface area contributed by atoms with Gasteiger partial charge in [0.15, 0.2) is 0 Å². The minimum absolute atomic E-state index is 0.131. The molecule has 0 aliphatic carbocycles. The number of benzene rings is 3. The number of fused-ring (bicyclic) bond motifs is 1. The normalized spacial score (nSPS) is 17.4. The Labute approximate surface area is 222 Å². The van der Waals surface area contributed by atoms with Gasteiger partial charge in [-0.25, -0.2) is 8.78 Å². The van der Waals surface area contributed by atoms with Gasteiger partial charge in [0.05, 0.1) is 18.0 Å². The van der Waals surface area contributed by atoms with Gasteiger partial charge < -0.3 is 10.2 Å². The smallest absolute Gasteiger partial charge is 0.291 e. The predicted molar refractivity (Wildman–Crippen MR) is 140 cm³/mol. The van der Waals surface area contributed by atoms with E-state index in [-0.39, 0.29) is 34.5 Å². The molecule has 0 fully saturated rings. The van der Waals surface area contributed by atoms with Crippen LogP contribution in [0.2, 0.25) is 10.0 Å². The maximum atomic E-state index is 15.1. The molecule has 1 aromatic heterocycles. The quantitative estimate of drug-likeness (QED) is 0.283. The van der Waals surface area contributed by atoms with E-state index in [2.05, 4.69) is 15.5 Å². The fourth-order valence-corrected chi connectivity index (χ4v) is 5.05. The lowest BCUT2D eigenvalue weighted by Gasteiger charge is -2.33. The number of nitrogens with zero attached hydrogens (tertiary/aromatic N) is 2. The van der Waals surface area contributed by atoms with Crippen molar-refractivity contribution in [1.82, 2.24) is 10.3 Å². The fourth-order valence-electron chi connectivity index (χ4n) is 4.53. The van der Waals surface area contributed by atoms with Crippen LogP contribution in [-0.2, 0) is 17.0 Å². The number of hydrogen-bond acceptors (Lipinski definition) is 4. The maximum absolute atomic E-state index is 15.1. The highest BCUT2D eigenvalue weighted by Gasteiger charge is 2.58. The highest BCUT2D eigenvalue weighted by Crippen LogP contribution is 2.49. The average molecular weight is 540 g/mol. The second kappa shape index (κ2) is 9.72. The van der Waals surface area contributed by atoms with E-state index in [0.717, 1.165) is 12.6 Å². The predicted octanol–water partition coefficient (Wildman–Crippen LogP) is 7.15. The molecule has 5 rings (SSSR count). The van der Waals surface area contributed by atoms with Crippen LogP contribution in [0.4, 0.5) is 8.78 Å². The molecule has 1 unspecified atom stereocenters. The summed E-state index contributed by atoms with van der Waals surface area (Å²) in [4.78, 5) is 22.8. The Bertz CT molecular complexity index is 1500. The lowest BCUT2D eigenvalue weighted by atomic mass is 9.82. The van der Waals surface area contributed by atoms with Crippen LogP contribution in [0.25, 0.3) is 10.8 Å². The van der Waals surface area contributed by atoms with Crippen molar-refractivity contribution in [3.05, 3.63) is 111 Å². The molecule has 4 aromatic rings. The van der Waals surface area contributed by atoms with Crippen LogP contribution >= 0.6 is 23.2 Å². The molecular formula is C28H21Cl2F2N3O2. The van der Waals surface area contributed by atoms with Gasteiger partial charge in [-0.3, -0.25) is 9.78 Å². The van der Waals surface area contributed by atoms with E-state index in [9.17, 15) is 4.79 Å². The zero-order chi connectivity index (χ0) is 26.2. The summed E-state index contributed by atoms with van der Waals surface area (Å²) < 4.78 is 30.2. The standard InChI is InChI=1S/C28H21Cl2F2N3O2/c1-27(31,32)28(17-12-18(29)14-19(30)13-17)15-25(35-37-28)23-9-10-24(22-8-3-2-7-21(22)23)26(36)34-16-20-6-4-5-11-33-20/h2-14H,15-16H2,1H3,(H,34,36). The molecule has 1 aliphatic rings. The van der Waals surface area contributed by atoms with Gasteiger partial charge in [-0.05, 0) is 47.2 Å². The Kier molecular flexibility index (Phi) is 6.60. The first kappa shape index (κ1) is 25.1. The number of aromatic nitrogens is 1. The largest absolute Gasteiger partial charge is 0.377 e. The number of pyridine rings is 1. The summed E-state index contributed by atoms with van der Waals surface area (Å²) in [5.74, 6) is -3.59. The van der Waals surface area contributed by atoms with E-state index < -0.39 is 11.5 Å². The van der Waals surface area contributed by atoms with Crippen molar-refractivity contribution in [3.8, 4) is 0 Å². The van der Waals surface area contributed by atoms with Crippen molar-refractivity contribution < 1.29 is 18.4 Å². The van der Waals surface area contributed by atoms with E-state index in [1.807, 2.05) is 36.4 Å². The van der Waals surface area contributed by atoms with Crippen LogP contribution in [0.5, 0.6) is 0 Å². The van der Waals surface area contributed by atoms with Gasteiger partial charge in [-0.2, -0.15) is 0 Å². The molecule has 1 N–H and O–H groups in total. The summed E-state index contributed by atoms with van der Waals surface area (Å²) in [6, 6.07) is 20.4. The first-order valence-electron chi connectivity index (χ1n) is 11.5. The number of amides is 1. The Morgan fingerprint density at radius 3 is 2.41 bits per heavy atom. The molecule has 2 heterocycles. The van der Waals surface area contributed by atoms with Gasteiger partial charge in [-0.15, -0.1) is 0 Å². The Morgan fingerprint density at radius 1 is 1.03 bits per heavy atom. The summed E-state index contributed by atoms with van der Waals surface area (Å²) in [5.41, 5.74) is 0.142. The molecule has 3 aromatic carbocycles. The van der Waals surface area contributed by atoms with E-state index in [1.54, 1.807) is 24.4 Å². The molecule has 188 valence electrons. The molecule has 5 nitrogen and oxygen atoms in total. The summed E-state index contributed by atoms with van der Waals surface area (Å²) in [6.07, 6.45) is 1.44. The first-order valence-corrected chi connectivity index (χ1v) is 12.2. The molecule has 0 saturated heterocycles. The molecule has 0 spiro atoms. The van der Waals surface area contributed by atoms with Crippen LogP contribution < -0.4 is 5.32 Å². The number of carbonyl (C=O) groups is 1. The van der Waals surface area contributed by atoms with Crippen molar-refractivity contribution in [1.29, 1.82) is 0 Å². The van der Waals surface area contributed by atoms with E-state index >= 15 is 8.78 Å². The first-order chi connectivity index (χ1) is 17.7. The number of carbonyl (C=O) groups excluding carboxylic acids is 1. The van der Waals surface area contributed by atoms with Gasteiger partial charge in [0.1, 0.15) is 0 Å². The molecule has 0 saturated carbocycles. The number of rotatable bonds is 6. The highest BCUT2D eigenvalue weighted by molar-refractivity contribution is 6.34.